The molecule has 2 unspecified atom stereocenters. The minimum atomic E-state index is -0.808. The number of methoxy groups -OCH3 is 1. The second kappa shape index (κ2) is 5.66. The van der Waals surface area contributed by atoms with Gasteiger partial charge < -0.3 is 15.1 Å². The summed E-state index contributed by atoms with van der Waals surface area (Å²) in [4.78, 5) is 5.65. The Kier molecular flexibility index (Phi) is 4.16. The number of nitrogens with one attached hydrogen (secondary N) is 1. The van der Waals surface area contributed by atoms with E-state index in [2.05, 4.69) is 17.3 Å². The summed E-state index contributed by atoms with van der Waals surface area (Å²) in [7, 11) is 1.63. The van der Waals surface area contributed by atoms with Crippen LogP contribution in [-0.2, 0) is 4.74 Å². The largest absolute Gasteiger partial charge is 0.379 e. The molecule has 106 valence electrons. The average Bonchev–Trinajstić information content (AvgIpc) is 2.40. The molecule has 0 amide bonds. The molecule has 0 spiro atoms. The highest BCUT2D eigenvalue weighted by Crippen LogP contribution is 2.27. The number of hydrogen-bond donors (Lipinski definition) is 2. The van der Waals surface area contributed by atoms with Crippen LogP contribution in [0.3, 0.4) is 0 Å². The smallest absolute Gasteiger partial charge is 0.178 e. The predicted molar refractivity (Wildman–Crippen MR) is 68.8 cm³/mol. The molecule has 2 rings (SSSR count). The van der Waals surface area contributed by atoms with Crippen LogP contribution in [0.1, 0.15) is 13.3 Å². The van der Waals surface area contributed by atoms with Crippen molar-refractivity contribution in [1.29, 1.82) is 0 Å². The molecule has 5 nitrogen and oxygen atoms in total. The first-order chi connectivity index (χ1) is 9.06. The van der Waals surface area contributed by atoms with Gasteiger partial charge in [-0.1, -0.05) is 6.92 Å². The van der Waals surface area contributed by atoms with E-state index >= 15 is 0 Å². The maximum Gasteiger partial charge on any atom is 0.178 e. The van der Waals surface area contributed by atoms with Gasteiger partial charge in [-0.2, -0.15) is 0 Å². The van der Waals surface area contributed by atoms with Crippen molar-refractivity contribution >= 4 is 11.6 Å². The second-order valence-corrected chi connectivity index (χ2v) is 4.75. The Morgan fingerprint density at radius 2 is 2.21 bits per heavy atom. The van der Waals surface area contributed by atoms with Gasteiger partial charge in [0.05, 0.1) is 6.10 Å². The minimum absolute atomic E-state index is 0.00860. The van der Waals surface area contributed by atoms with Crippen LogP contribution in [-0.4, -0.2) is 31.3 Å². The van der Waals surface area contributed by atoms with Crippen molar-refractivity contribution < 1.29 is 13.5 Å². The number of halogens is 2. The SMILES string of the molecule is COC1CN(c2nc(NN)c(F)cc2F)CCC1C. The molecular weight excluding hydrogens is 254 g/mol. The third-order valence-corrected chi connectivity index (χ3v) is 3.54. The van der Waals surface area contributed by atoms with E-state index in [1.807, 2.05) is 0 Å². The van der Waals surface area contributed by atoms with Gasteiger partial charge in [0.2, 0.25) is 0 Å². The standard InChI is InChI=1S/C12H18F2N4O/c1-7-3-4-18(6-10(7)19-2)12-9(14)5-8(13)11(16-12)17-15/h5,7,10H,3-4,6,15H2,1-2H3,(H,16,17). The van der Waals surface area contributed by atoms with Crippen LogP contribution in [0.4, 0.5) is 20.4 Å². The third-order valence-electron chi connectivity index (χ3n) is 3.54. The molecule has 19 heavy (non-hydrogen) atoms. The summed E-state index contributed by atoms with van der Waals surface area (Å²) in [5.41, 5.74) is 2.13. The Hall–Kier alpha value is -1.47. The van der Waals surface area contributed by atoms with Gasteiger partial charge in [0, 0.05) is 26.3 Å². The quantitative estimate of drug-likeness (QED) is 0.645. The highest BCUT2D eigenvalue weighted by atomic mass is 19.1. The summed E-state index contributed by atoms with van der Waals surface area (Å²) in [5.74, 6) is 3.99. The van der Waals surface area contributed by atoms with Crippen LogP contribution in [0.2, 0.25) is 0 Å². The number of hydrogen-bond acceptors (Lipinski definition) is 5. The van der Waals surface area contributed by atoms with Gasteiger partial charge in [0.25, 0.3) is 0 Å². The van der Waals surface area contributed by atoms with Gasteiger partial charge >= 0.3 is 0 Å². The van der Waals surface area contributed by atoms with Crippen LogP contribution < -0.4 is 16.2 Å². The molecule has 1 aliphatic rings. The van der Waals surface area contributed by atoms with Gasteiger partial charge in [-0.3, -0.25) is 0 Å². The fourth-order valence-corrected chi connectivity index (χ4v) is 2.31. The molecule has 0 radical (unpaired) electrons. The van der Waals surface area contributed by atoms with Gasteiger partial charge in [0.1, 0.15) is 0 Å². The summed E-state index contributed by atoms with van der Waals surface area (Å²) in [6.07, 6.45) is 0.872. The number of nitrogens with zero attached hydrogens (tertiary/aromatic N) is 2. The molecule has 2 heterocycles. The molecule has 1 fully saturated rings. The summed E-state index contributed by atoms with van der Waals surface area (Å²) >= 11 is 0. The fraction of sp³-hybridized carbons (Fsp3) is 0.583. The first-order valence-corrected chi connectivity index (χ1v) is 6.17. The molecule has 7 heteroatoms. The highest BCUT2D eigenvalue weighted by molar-refractivity contribution is 5.49. The molecule has 2 atom stereocenters. The summed E-state index contributed by atoms with van der Waals surface area (Å²) in [5, 5.41) is 0. The Balaban J connectivity index is 2.26. The minimum Gasteiger partial charge on any atom is -0.379 e. The van der Waals surface area contributed by atoms with Gasteiger partial charge in [0.15, 0.2) is 23.3 Å². The number of rotatable bonds is 3. The van der Waals surface area contributed by atoms with Gasteiger partial charge in [-0.15, -0.1) is 0 Å². The van der Waals surface area contributed by atoms with Gasteiger partial charge in [-0.25, -0.2) is 19.6 Å². The zero-order valence-corrected chi connectivity index (χ0v) is 11.0. The van der Waals surface area contributed by atoms with Crippen molar-refractivity contribution in [3.05, 3.63) is 17.7 Å². The number of nitrogen functional groups attached to an aromatic ring is 1. The van der Waals surface area contributed by atoms with Crippen molar-refractivity contribution in [2.45, 2.75) is 19.4 Å². The van der Waals surface area contributed by atoms with E-state index in [1.165, 1.54) is 0 Å². The number of aromatic nitrogens is 1. The van der Waals surface area contributed by atoms with Gasteiger partial charge in [-0.05, 0) is 12.3 Å². The topological polar surface area (TPSA) is 63.4 Å². The number of pyridine rings is 1. The lowest BCUT2D eigenvalue weighted by Gasteiger charge is -2.37. The predicted octanol–water partition coefficient (Wildman–Crippen LogP) is 1.51. The lowest BCUT2D eigenvalue weighted by atomic mass is 9.96. The van der Waals surface area contributed by atoms with E-state index in [9.17, 15) is 8.78 Å². The van der Waals surface area contributed by atoms with E-state index in [4.69, 9.17) is 10.6 Å². The van der Waals surface area contributed by atoms with Crippen molar-refractivity contribution in [2.24, 2.45) is 11.8 Å². The molecule has 0 aliphatic carbocycles. The molecule has 3 N–H and O–H groups in total. The molecule has 1 aromatic rings. The van der Waals surface area contributed by atoms with Crippen molar-refractivity contribution in [2.75, 3.05) is 30.5 Å². The zero-order chi connectivity index (χ0) is 14.0. The van der Waals surface area contributed by atoms with Crippen LogP contribution in [0.5, 0.6) is 0 Å². The maximum atomic E-state index is 13.8. The van der Waals surface area contributed by atoms with Crippen LogP contribution in [0.25, 0.3) is 0 Å². The Labute approximate surface area is 110 Å². The lowest BCUT2D eigenvalue weighted by molar-refractivity contribution is 0.0495. The molecule has 0 aromatic carbocycles. The normalized spacial score (nSPS) is 23.5. The summed E-state index contributed by atoms with van der Waals surface area (Å²) < 4.78 is 32.5. The number of piperidine rings is 1. The van der Waals surface area contributed by atoms with Crippen molar-refractivity contribution in [3.63, 3.8) is 0 Å². The summed E-state index contributed by atoms with van der Waals surface area (Å²) in [6.45, 7) is 3.27. The van der Waals surface area contributed by atoms with E-state index < -0.39 is 11.6 Å². The second-order valence-electron chi connectivity index (χ2n) is 4.75. The number of anilines is 2. The number of ether oxygens (including phenoxy) is 1. The molecule has 1 aliphatic heterocycles. The monoisotopic (exact) mass is 272 g/mol. The maximum absolute atomic E-state index is 13.8. The highest BCUT2D eigenvalue weighted by Gasteiger charge is 2.28. The third kappa shape index (κ3) is 2.76. The summed E-state index contributed by atoms with van der Waals surface area (Å²) in [6, 6.07) is 0.789. The van der Waals surface area contributed by atoms with E-state index in [1.54, 1.807) is 12.0 Å². The molecule has 0 saturated carbocycles. The van der Waals surface area contributed by atoms with Crippen molar-refractivity contribution in [3.8, 4) is 0 Å². The van der Waals surface area contributed by atoms with Crippen LogP contribution in [0, 0.1) is 17.6 Å². The Morgan fingerprint density at radius 3 is 2.84 bits per heavy atom. The first-order valence-electron chi connectivity index (χ1n) is 6.17. The first kappa shape index (κ1) is 14.0. The number of hydrazine groups is 1. The molecule has 1 aromatic heterocycles. The van der Waals surface area contributed by atoms with E-state index in [-0.39, 0.29) is 17.7 Å². The molecular formula is C12H18F2N4O. The van der Waals surface area contributed by atoms with E-state index in [0.717, 1.165) is 12.5 Å². The van der Waals surface area contributed by atoms with E-state index in [0.29, 0.717) is 19.0 Å². The zero-order valence-electron chi connectivity index (χ0n) is 11.0. The Morgan fingerprint density at radius 1 is 1.47 bits per heavy atom. The lowest BCUT2D eigenvalue weighted by Crippen LogP contribution is -2.44. The number of nitrogens with two attached hydrogens (primary N) is 1. The van der Waals surface area contributed by atoms with Crippen LogP contribution in [0.15, 0.2) is 6.07 Å². The fourth-order valence-electron chi connectivity index (χ4n) is 2.31. The van der Waals surface area contributed by atoms with Crippen molar-refractivity contribution in [1.82, 2.24) is 4.98 Å². The molecule has 1 saturated heterocycles. The molecule has 0 bridgehead atoms. The Bertz CT molecular complexity index is 458. The van der Waals surface area contributed by atoms with Crippen LogP contribution >= 0.6 is 0 Å². The average molecular weight is 272 g/mol.